The summed E-state index contributed by atoms with van der Waals surface area (Å²) in [5.41, 5.74) is 5.78. The number of nitrogens with one attached hydrogen (secondary N) is 1. The van der Waals surface area contributed by atoms with Crippen LogP contribution in [-0.2, 0) is 0 Å². The lowest BCUT2D eigenvalue weighted by atomic mass is 10.00. The molecular weight excluding hydrogens is 388 g/mol. The minimum atomic E-state index is -0.284. The number of halogens is 1. The summed E-state index contributed by atoms with van der Waals surface area (Å²) in [5, 5.41) is 3.55. The number of para-hydroxylation sites is 1. The number of fused-ring (bicyclic) bond motifs is 1. The Hall–Kier alpha value is -2.59. The van der Waals surface area contributed by atoms with Gasteiger partial charge in [0.2, 0.25) is 0 Å². The van der Waals surface area contributed by atoms with Crippen LogP contribution in [0.1, 0.15) is 33.2 Å². The maximum atomic E-state index is 13.4. The lowest BCUT2D eigenvalue weighted by Crippen LogP contribution is -2.43. The van der Waals surface area contributed by atoms with E-state index in [4.69, 9.17) is 0 Å². The molecular formula is C22H19BrN2O. The molecule has 0 unspecified atom stereocenters. The molecule has 3 aromatic rings. The highest BCUT2D eigenvalue weighted by Crippen LogP contribution is 2.40. The lowest BCUT2D eigenvalue weighted by molar-refractivity contribution is 0.0974. The first kappa shape index (κ1) is 16.9. The Morgan fingerprint density at radius 1 is 0.923 bits per heavy atom. The molecule has 26 heavy (non-hydrogen) atoms. The molecule has 4 heteroatoms. The normalized spacial score (nSPS) is 16.2. The molecule has 1 atom stereocenters. The summed E-state index contributed by atoms with van der Waals surface area (Å²) in [6, 6.07) is 21.8. The van der Waals surface area contributed by atoms with Crippen molar-refractivity contribution in [2.24, 2.45) is 0 Å². The fourth-order valence-corrected chi connectivity index (χ4v) is 3.91. The van der Waals surface area contributed by atoms with Crippen LogP contribution in [0.4, 0.5) is 11.4 Å². The van der Waals surface area contributed by atoms with Crippen molar-refractivity contribution in [3.8, 4) is 0 Å². The van der Waals surface area contributed by atoms with E-state index in [1.54, 1.807) is 0 Å². The fourth-order valence-electron chi connectivity index (χ4n) is 3.41. The lowest BCUT2D eigenvalue weighted by Gasteiger charge is -2.39. The molecule has 3 nitrogen and oxygen atoms in total. The molecule has 1 aliphatic rings. The Kier molecular flexibility index (Phi) is 4.29. The highest BCUT2D eigenvalue weighted by molar-refractivity contribution is 9.10. The van der Waals surface area contributed by atoms with Gasteiger partial charge in [-0.05, 0) is 49.2 Å². The van der Waals surface area contributed by atoms with E-state index in [0.29, 0.717) is 5.56 Å². The van der Waals surface area contributed by atoms with E-state index < -0.39 is 0 Å². The van der Waals surface area contributed by atoms with Crippen molar-refractivity contribution in [2.45, 2.75) is 20.0 Å². The minimum Gasteiger partial charge on any atom is -0.360 e. The number of rotatable bonds is 2. The molecule has 0 saturated carbocycles. The molecule has 1 aliphatic heterocycles. The second-order valence-electron chi connectivity index (χ2n) is 6.51. The van der Waals surface area contributed by atoms with E-state index in [1.165, 1.54) is 5.56 Å². The zero-order valence-electron chi connectivity index (χ0n) is 14.7. The minimum absolute atomic E-state index is 0.00815. The first-order chi connectivity index (χ1) is 12.6. The number of benzene rings is 3. The third-order valence-electron chi connectivity index (χ3n) is 4.96. The molecule has 0 bridgehead atoms. The van der Waals surface area contributed by atoms with Crippen molar-refractivity contribution in [3.63, 3.8) is 0 Å². The van der Waals surface area contributed by atoms with E-state index in [0.717, 1.165) is 27.0 Å². The highest BCUT2D eigenvalue weighted by atomic mass is 79.9. The summed E-state index contributed by atoms with van der Waals surface area (Å²) in [4.78, 5) is 15.3. The predicted octanol–water partition coefficient (Wildman–Crippen LogP) is 5.84. The van der Waals surface area contributed by atoms with Crippen molar-refractivity contribution in [1.29, 1.82) is 0 Å². The number of carbonyl (C=O) groups excluding carboxylic acids is 1. The van der Waals surface area contributed by atoms with Crippen LogP contribution < -0.4 is 10.2 Å². The second-order valence-corrected chi connectivity index (χ2v) is 7.36. The van der Waals surface area contributed by atoms with Crippen molar-refractivity contribution in [1.82, 2.24) is 0 Å². The van der Waals surface area contributed by atoms with Crippen molar-refractivity contribution >= 4 is 33.2 Å². The topological polar surface area (TPSA) is 32.3 Å². The number of aryl methyl sites for hydroxylation is 1. The summed E-state index contributed by atoms with van der Waals surface area (Å²) < 4.78 is 0.972. The van der Waals surface area contributed by atoms with Gasteiger partial charge in [-0.15, -0.1) is 0 Å². The van der Waals surface area contributed by atoms with Gasteiger partial charge < -0.3 is 5.32 Å². The zero-order valence-corrected chi connectivity index (χ0v) is 16.2. The maximum Gasteiger partial charge on any atom is 0.262 e. The first-order valence-corrected chi connectivity index (χ1v) is 9.37. The largest absolute Gasteiger partial charge is 0.360 e. The van der Waals surface area contributed by atoms with E-state index in [1.807, 2.05) is 65.6 Å². The van der Waals surface area contributed by atoms with Crippen LogP contribution in [0, 0.1) is 13.8 Å². The van der Waals surface area contributed by atoms with Crippen LogP contribution in [0.15, 0.2) is 71.2 Å². The van der Waals surface area contributed by atoms with Crippen LogP contribution in [-0.4, -0.2) is 5.91 Å². The maximum absolute atomic E-state index is 13.4. The van der Waals surface area contributed by atoms with Crippen LogP contribution in [0.3, 0.4) is 0 Å². The average Bonchev–Trinajstić information content (AvgIpc) is 2.65. The quantitative estimate of drug-likeness (QED) is 0.579. The molecule has 0 radical (unpaired) electrons. The second kappa shape index (κ2) is 6.61. The van der Waals surface area contributed by atoms with E-state index in [9.17, 15) is 4.79 Å². The van der Waals surface area contributed by atoms with Gasteiger partial charge in [-0.3, -0.25) is 9.69 Å². The van der Waals surface area contributed by atoms with Gasteiger partial charge in [-0.1, -0.05) is 58.4 Å². The fraction of sp³-hybridized carbons (Fsp3) is 0.136. The summed E-state index contributed by atoms with van der Waals surface area (Å²) in [6.07, 6.45) is -0.284. The number of amides is 1. The number of hydrogen-bond donors (Lipinski definition) is 1. The Bertz CT molecular complexity index is 999. The Labute approximate surface area is 161 Å². The molecule has 0 fully saturated rings. The van der Waals surface area contributed by atoms with Crippen LogP contribution in [0.25, 0.3) is 0 Å². The number of carbonyl (C=O) groups is 1. The Morgan fingerprint density at radius 2 is 1.65 bits per heavy atom. The van der Waals surface area contributed by atoms with Gasteiger partial charge in [-0.2, -0.15) is 0 Å². The zero-order chi connectivity index (χ0) is 18.3. The summed E-state index contributed by atoms with van der Waals surface area (Å²) >= 11 is 3.65. The molecule has 1 N–H and O–H groups in total. The Balaban J connectivity index is 1.94. The van der Waals surface area contributed by atoms with Crippen molar-refractivity contribution < 1.29 is 4.79 Å². The smallest absolute Gasteiger partial charge is 0.262 e. The molecule has 130 valence electrons. The van der Waals surface area contributed by atoms with Crippen molar-refractivity contribution in [2.75, 3.05) is 10.2 Å². The molecule has 1 amide bonds. The summed E-state index contributed by atoms with van der Waals surface area (Å²) in [7, 11) is 0. The summed E-state index contributed by atoms with van der Waals surface area (Å²) in [6.45, 7) is 4.14. The van der Waals surface area contributed by atoms with Gasteiger partial charge >= 0.3 is 0 Å². The number of nitrogens with zero attached hydrogens (tertiary/aromatic N) is 1. The van der Waals surface area contributed by atoms with Crippen molar-refractivity contribution in [3.05, 3.63) is 93.5 Å². The van der Waals surface area contributed by atoms with E-state index >= 15 is 0 Å². The van der Waals surface area contributed by atoms with Crippen LogP contribution >= 0.6 is 15.9 Å². The summed E-state index contributed by atoms with van der Waals surface area (Å²) in [5.74, 6) is 0.00815. The standard InChI is InChI=1S/C22H19BrN2O/c1-14-8-7-13-20(15(14)2)25-21(16-9-3-5-11-18(16)23)24-19-12-6-4-10-17(19)22(25)26/h3-13,21,24H,1-2H3/t21-/m0/s1. The van der Waals surface area contributed by atoms with Crippen LogP contribution in [0.2, 0.25) is 0 Å². The van der Waals surface area contributed by atoms with Gasteiger partial charge in [0.1, 0.15) is 6.17 Å². The van der Waals surface area contributed by atoms with Gasteiger partial charge in [0.25, 0.3) is 5.91 Å². The van der Waals surface area contributed by atoms with Gasteiger partial charge in [0.15, 0.2) is 0 Å². The monoisotopic (exact) mass is 406 g/mol. The van der Waals surface area contributed by atoms with E-state index in [-0.39, 0.29) is 12.1 Å². The molecule has 0 saturated heterocycles. The first-order valence-electron chi connectivity index (χ1n) is 8.57. The predicted molar refractivity (Wildman–Crippen MR) is 110 cm³/mol. The molecule has 4 rings (SSSR count). The molecule has 1 heterocycles. The SMILES string of the molecule is Cc1cccc(N2C(=O)c3ccccc3N[C@@H]2c2ccccc2Br)c1C. The third-order valence-corrected chi connectivity index (χ3v) is 5.68. The average molecular weight is 407 g/mol. The van der Waals surface area contributed by atoms with Gasteiger partial charge in [-0.25, -0.2) is 0 Å². The molecule has 3 aromatic carbocycles. The number of hydrogen-bond acceptors (Lipinski definition) is 2. The molecule has 0 spiro atoms. The van der Waals surface area contributed by atoms with Gasteiger partial charge in [0, 0.05) is 21.4 Å². The third kappa shape index (κ3) is 2.71. The number of anilines is 2. The van der Waals surface area contributed by atoms with Crippen LogP contribution in [0.5, 0.6) is 0 Å². The highest BCUT2D eigenvalue weighted by Gasteiger charge is 2.35. The Morgan fingerprint density at radius 3 is 2.46 bits per heavy atom. The molecule has 0 aliphatic carbocycles. The van der Waals surface area contributed by atoms with Gasteiger partial charge in [0.05, 0.1) is 5.56 Å². The van der Waals surface area contributed by atoms with E-state index in [2.05, 4.69) is 41.2 Å². The molecule has 0 aromatic heterocycles.